The fourth-order valence-electron chi connectivity index (χ4n) is 4.61. The highest BCUT2D eigenvalue weighted by Crippen LogP contribution is 2.13. The molecule has 0 saturated heterocycles. The van der Waals surface area contributed by atoms with Gasteiger partial charge in [-0.1, -0.05) is 84.0 Å². The largest absolute Gasteiger partial charge is 0.481 e. The van der Waals surface area contributed by atoms with E-state index in [-0.39, 0.29) is 44.6 Å². The van der Waals surface area contributed by atoms with E-state index in [1.807, 2.05) is 0 Å². The second kappa shape index (κ2) is 39.6. The molecule has 0 amide bonds. The summed E-state index contributed by atoms with van der Waals surface area (Å²) in [5.74, 6) is -1.35. The molecule has 0 unspecified atom stereocenters. The molecule has 0 aromatic carbocycles. The second-order valence-corrected chi connectivity index (χ2v) is 11.7. The lowest BCUT2D eigenvalue weighted by Crippen LogP contribution is -2.15. The van der Waals surface area contributed by atoms with E-state index < -0.39 is 5.97 Å². The SMILES string of the molecule is CCCCCCCCCCCCCCCC(=O)OCCOCCOCCOCCOCCOCCOCCOC(=O)CCCCC(=O)O. The smallest absolute Gasteiger partial charge is 0.305 e. The van der Waals surface area contributed by atoms with Crippen LogP contribution in [0.1, 0.15) is 122 Å². The third kappa shape index (κ3) is 40.3. The van der Waals surface area contributed by atoms with Crippen LogP contribution in [0.4, 0.5) is 0 Å². The number of rotatable bonds is 40. The van der Waals surface area contributed by atoms with Gasteiger partial charge in [-0.15, -0.1) is 0 Å². The minimum atomic E-state index is -0.862. The number of carbonyl (C=O) groups is 3. The molecule has 0 atom stereocenters. The number of esters is 2. The van der Waals surface area contributed by atoms with Crippen molar-refractivity contribution in [1.29, 1.82) is 0 Å². The van der Waals surface area contributed by atoms with E-state index in [0.717, 1.165) is 12.8 Å². The van der Waals surface area contributed by atoms with Gasteiger partial charge >= 0.3 is 17.9 Å². The summed E-state index contributed by atoms with van der Waals surface area (Å²) >= 11 is 0. The minimum absolute atomic E-state index is 0.0608. The number of unbranched alkanes of at least 4 members (excludes halogenated alkanes) is 13. The van der Waals surface area contributed by atoms with Crippen LogP contribution in [-0.2, 0) is 52.3 Å². The molecule has 0 aliphatic heterocycles. The van der Waals surface area contributed by atoms with Gasteiger partial charge in [-0.2, -0.15) is 0 Å². The molecule has 48 heavy (non-hydrogen) atoms. The molecule has 0 rings (SSSR count). The summed E-state index contributed by atoms with van der Waals surface area (Å²) in [6, 6.07) is 0. The van der Waals surface area contributed by atoms with Gasteiger partial charge in [0.05, 0.1) is 79.3 Å². The molecule has 12 nitrogen and oxygen atoms in total. The highest BCUT2D eigenvalue weighted by molar-refractivity contribution is 5.70. The van der Waals surface area contributed by atoms with Crippen molar-refractivity contribution in [3.05, 3.63) is 0 Å². The lowest BCUT2D eigenvalue weighted by atomic mass is 10.0. The number of hydrogen-bond acceptors (Lipinski definition) is 11. The molecule has 0 aromatic rings. The lowest BCUT2D eigenvalue weighted by Gasteiger charge is -2.09. The predicted octanol–water partition coefficient (Wildman–Crippen LogP) is 6.30. The van der Waals surface area contributed by atoms with Crippen molar-refractivity contribution in [2.24, 2.45) is 0 Å². The van der Waals surface area contributed by atoms with Crippen LogP contribution in [-0.4, -0.2) is 116 Å². The van der Waals surface area contributed by atoms with Gasteiger partial charge < -0.3 is 43.0 Å². The van der Waals surface area contributed by atoms with Crippen LogP contribution < -0.4 is 0 Å². The summed E-state index contributed by atoms with van der Waals surface area (Å²) in [5, 5.41) is 8.55. The van der Waals surface area contributed by atoms with Gasteiger partial charge in [-0.3, -0.25) is 14.4 Å². The van der Waals surface area contributed by atoms with Crippen molar-refractivity contribution >= 4 is 17.9 Å². The van der Waals surface area contributed by atoms with Crippen LogP contribution in [0.25, 0.3) is 0 Å². The number of carbonyl (C=O) groups excluding carboxylic acids is 2. The summed E-state index contributed by atoms with van der Waals surface area (Å²) in [5.41, 5.74) is 0. The van der Waals surface area contributed by atoms with Gasteiger partial charge in [-0.25, -0.2) is 0 Å². The maximum absolute atomic E-state index is 11.8. The number of carboxylic acids is 1. The van der Waals surface area contributed by atoms with E-state index in [1.165, 1.54) is 70.6 Å². The van der Waals surface area contributed by atoms with Gasteiger partial charge in [0.1, 0.15) is 13.2 Å². The Balaban J connectivity index is 3.18. The molecule has 1 N–H and O–H groups in total. The van der Waals surface area contributed by atoms with E-state index in [1.54, 1.807) is 0 Å². The molecule has 0 fully saturated rings. The standard InChI is InChI=1S/C36H68O12/c1-2-3-4-5-6-7-8-9-10-11-12-13-14-18-35(39)47-32-30-45-28-26-43-24-22-41-20-21-42-23-25-44-27-29-46-31-33-48-36(40)19-16-15-17-34(37)38/h2-33H2,1H3,(H,37,38). The quantitative estimate of drug-likeness (QED) is 0.0568. The molecule has 284 valence electrons. The molecule has 0 aromatic heterocycles. The monoisotopic (exact) mass is 692 g/mol. The van der Waals surface area contributed by atoms with Crippen molar-refractivity contribution in [2.45, 2.75) is 122 Å². The van der Waals surface area contributed by atoms with Crippen molar-refractivity contribution < 1.29 is 57.4 Å². The minimum Gasteiger partial charge on any atom is -0.481 e. The van der Waals surface area contributed by atoms with Crippen molar-refractivity contribution in [1.82, 2.24) is 0 Å². The number of ether oxygens (including phenoxy) is 8. The lowest BCUT2D eigenvalue weighted by molar-refractivity contribution is -0.146. The molecule has 0 bridgehead atoms. The van der Waals surface area contributed by atoms with Crippen LogP contribution in [0.2, 0.25) is 0 Å². The van der Waals surface area contributed by atoms with E-state index >= 15 is 0 Å². The van der Waals surface area contributed by atoms with Crippen molar-refractivity contribution in [3.63, 3.8) is 0 Å². The number of carboxylic acid groups (broad SMARTS) is 1. The maximum atomic E-state index is 11.8. The average molecular weight is 693 g/mol. The Morgan fingerprint density at radius 2 is 0.604 bits per heavy atom. The first-order valence-electron chi connectivity index (χ1n) is 18.6. The molecule has 0 heterocycles. The van der Waals surface area contributed by atoms with Crippen LogP contribution in [0.3, 0.4) is 0 Å². The van der Waals surface area contributed by atoms with Crippen LogP contribution in [0.5, 0.6) is 0 Å². The first-order chi connectivity index (χ1) is 23.6. The summed E-state index contributed by atoms with van der Waals surface area (Å²) in [7, 11) is 0. The van der Waals surface area contributed by atoms with Crippen LogP contribution in [0.15, 0.2) is 0 Å². The fraction of sp³-hybridized carbons (Fsp3) is 0.917. The molecule has 0 saturated carbocycles. The zero-order valence-corrected chi connectivity index (χ0v) is 30.1. The molecule has 0 spiro atoms. The third-order valence-corrected chi connectivity index (χ3v) is 7.35. The van der Waals surface area contributed by atoms with E-state index in [0.29, 0.717) is 91.9 Å². The Bertz CT molecular complexity index is 706. The Labute approximate surface area is 290 Å². The van der Waals surface area contributed by atoms with Gasteiger partial charge in [-0.05, 0) is 19.3 Å². The highest BCUT2D eigenvalue weighted by Gasteiger charge is 2.05. The number of aliphatic carboxylic acids is 1. The molecule has 0 aliphatic rings. The normalized spacial score (nSPS) is 11.2. The Kier molecular flexibility index (Phi) is 38.1. The first kappa shape index (κ1) is 46.2. The molecule has 0 aliphatic carbocycles. The van der Waals surface area contributed by atoms with Gasteiger partial charge in [0.25, 0.3) is 0 Å². The van der Waals surface area contributed by atoms with Crippen LogP contribution in [0, 0.1) is 0 Å². The first-order valence-corrected chi connectivity index (χ1v) is 18.6. The predicted molar refractivity (Wildman–Crippen MR) is 183 cm³/mol. The maximum Gasteiger partial charge on any atom is 0.305 e. The Morgan fingerprint density at radius 1 is 0.354 bits per heavy atom. The van der Waals surface area contributed by atoms with Gasteiger partial charge in [0, 0.05) is 19.3 Å². The average Bonchev–Trinajstić information content (AvgIpc) is 3.07. The summed E-state index contributed by atoms with van der Waals surface area (Å²) in [4.78, 5) is 33.7. The zero-order chi connectivity index (χ0) is 35.0. The summed E-state index contributed by atoms with van der Waals surface area (Å²) < 4.78 is 42.8. The molecular formula is C36H68O12. The second-order valence-electron chi connectivity index (χ2n) is 11.7. The van der Waals surface area contributed by atoms with Crippen LogP contribution >= 0.6 is 0 Å². The molecule has 12 heteroatoms. The van der Waals surface area contributed by atoms with Gasteiger partial charge in [0.15, 0.2) is 0 Å². The topological polar surface area (TPSA) is 145 Å². The number of hydrogen-bond donors (Lipinski definition) is 1. The highest BCUT2D eigenvalue weighted by atomic mass is 16.6. The zero-order valence-electron chi connectivity index (χ0n) is 30.1. The summed E-state index contributed by atoms with van der Waals surface area (Å²) in [6.07, 6.45) is 18.5. The van der Waals surface area contributed by atoms with E-state index in [9.17, 15) is 14.4 Å². The van der Waals surface area contributed by atoms with Crippen molar-refractivity contribution in [3.8, 4) is 0 Å². The third-order valence-electron chi connectivity index (χ3n) is 7.35. The van der Waals surface area contributed by atoms with Crippen molar-refractivity contribution in [2.75, 3.05) is 92.5 Å². The van der Waals surface area contributed by atoms with E-state index in [4.69, 9.17) is 43.0 Å². The molecular weight excluding hydrogens is 624 g/mol. The van der Waals surface area contributed by atoms with E-state index in [2.05, 4.69) is 6.92 Å². The van der Waals surface area contributed by atoms with Gasteiger partial charge in [0.2, 0.25) is 0 Å². The molecule has 0 radical (unpaired) electrons. The fourth-order valence-corrected chi connectivity index (χ4v) is 4.61. The Morgan fingerprint density at radius 3 is 0.917 bits per heavy atom. The summed E-state index contributed by atoms with van der Waals surface area (Å²) in [6.45, 7) is 7.79. The Hall–Kier alpha value is -1.83.